The number of methoxy groups -OCH3 is 1. The molecule has 0 bridgehead atoms. The lowest BCUT2D eigenvalue weighted by molar-refractivity contribution is -0.162. The first-order chi connectivity index (χ1) is 8.06. The van der Waals surface area contributed by atoms with Crippen LogP contribution in [-0.4, -0.2) is 38.2 Å². The van der Waals surface area contributed by atoms with Gasteiger partial charge in [0.2, 0.25) is 0 Å². The van der Waals surface area contributed by atoms with E-state index in [2.05, 4.69) is 4.74 Å². The first-order valence-electron chi connectivity index (χ1n) is 5.46. The number of hydrogen-bond donors (Lipinski definition) is 0. The first-order valence-corrected chi connectivity index (χ1v) is 5.46. The van der Waals surface area contributed by atoms with Gasteiger partial charge in [0.1, 0.15) is 0 Å². The molecular weight excluding hydrogens is 228 g/mol. The van der Waals surface area contributed by atoms with Gasteiger partial charge in [0.25, 0.3) is 0 Å². The summed E-state index contributed by atoms with van der Waals surface area (Å²) in [6.45, 7) is 3.63. The molecule has 0 aromatic rings. The van der Waals surface area contributed by atoms with Gasteiger partial charge in [-0.1, -0.05) is 0 Å². The maximum atomic E-state index is 11.5. The van der Waals surface area contributed by atoms with Gasteiger partial charge in [-0.3, -0.25) is 14.4 Å². The van der Waals surface area contributed by atoms with Crippen LogP contribution >= 0.6 is 0 Å². The van der Waals surface area contributed by atoms with E-state index in [0.29, 0.717) is 0 Å². The van der Waals surface area contributed by atoms with Gasteiger partial charge < -0.3 is 14.2 Å². The van der Waals surface area contributed by atoms with E-state index in [1.54, 1.807) is 13.8 Å². The zero-order chi connectivity index (χ0) is 13.3. The molecular formula is C11H18O6. The highest BCUT2D eigenvalue weighted by atomic mass is 16.6. The van der Waals surface area contributed by atoms with Crippen molar-refractivity contribution in [3.8, 4) is 0 Å². The Hall–Kier alpha value is -1.59. The van der Waals surface area contributed by atoms with Gasteiger partial charge in [-0.15, -0.1) is 0 Å². The lowest BCUT2D eigenvalue weighted by Crippen LogP contribution is -2.28. The highest BCUT2D eigenvalue weighted by molar-refractivity contribution is 5.95. The van der Waals surface area contributed by atoms with Crippen LogP contribution in [0.15, 0.2) is 0 Å². The first kappa shape index (κ1) is 15.4. The summed E-state index contributed by atoms with van der Waals surface area (Å²) in [6, 6.07) is 0. The van der Waals surface area contributed by atoms with Gasteiger partial charge in [0.05, 0.1) is 20.3 Å². The van der Waals surface area contributed by atoms with Gasteiger partial charge in [-0.2, -0.15) is 0 Å². The number of hydrogen-bond acceptors (Lipinski definition) is 6. The molecule has 0 heterocycles. The largest absolute Gasteiger partial charge is 0.469 e. The van der Waals surface area contributed by atoms with Crippen molar-refractivity contribution >= 4 is 17.9 Å². The van der Waals surface area contributed by atoms with Crippen molar-refractivity contribution in [2.75, 3.05) is 20.3 Å². The Kier molecular flexibility index (Phi) is 7.75. The summed E-state index contributed by atoms with van der Waals surface area (Å²) >= 11 is 0. The molecule has 0 spiro atoms. The summed E-state index contributed by atoms with van der Waals surface area (Å²) < 4.78 is 13.9. The summed E-state index contributed by atoms with van der Waals surface area (Å²) in [6.07, 6.45) is 0.00311. The van der Waals surface area contributed by atoms with Crippen molar-refractivity contribution in [2.45, 2.75) is 26.7 Å². The Bertz CT molecular complexity index is 255. The van der Waals surface area contributed by atoms with E-state index < -0.39 is 23.8 Å². The Balaban J connectivity index is 4.44. The maximum absolute atomic E-state index is 11.5. The van der Waals surface area contributed by atoms with Gasteiger partial charge in [0, 0.05) is 6.42 Å². The number of esters is 3. The molecule has 0 N–H and O–H groups in total. The quantitative estimate of drug-likeness (QED) is 0.373. The molecule has 0 fully saturated rings. The van der Waals surface area contributed by atoms with Gasteiger partial charge in [-0.25, -0.2) is 0 Å². The zero-order valence-corrected chi connectivity index (χ0v) is 10.4. The van der Waals surface area contributed by atoms with Crippen molar-refractivity contribution in [1.82, 2.24) is 0 Å². The third-order valence-corrected chi connectivity index (χ3v) is 2.01. The monoisotopic (exact) mass is 246 g/mol. The molecule has 6 nitrogen and oxygen atoms in total. The second-order valence-electron chi connectivity index (χ2n) is 3.17. The fraction of sp³-hybridized carbons (Fsp3) is 0.727. The molecule has 0 radical (unpaired) electrons. The van der Waals surface area contributed by atoms with E-state index in [1.165, 1.54) is 7.11 Å². The van der Waals surface area contributed by atoms with Crippen molar-refractivity contribution in [1.29, 1.82) is 0 Å². The van der Waals surface area contributed by atoms with E-state index in [0.717, 1.165) is 0 Å². The molecule has 0 aliphatic rings. The molecule has 0 aliphatic heterocycles. The maximum Gasteiger partial charge on any atom is 0.320 e. The van der Waals surface area contributed by atoms with E-state index in [-0.39, 0.29) is 26.1 Å². The average molecular weight is 246 g/mol. The van der Waals surface area contributed by atoms with Crippen LogP contribution in [0.1, 0.15) is 26.7 Å². The minimum absolute atomic E-state index is 0.0290. The van der Waals surface area contributed by atoms with Crippen molar-refractivity contribution < 1.29 is 28.6 Å². The molecule has 0 atom stereocenters. The number of rotatable bonds is 7. The fourth-order valence-electron chi connectivity index (χ4n) is 1.18. The molecule has 0 saturated heterocycles. The van der Waals surface area contributed by atoms with Gasteiger partial charge in [0.15, 0.2) is 5.92 Å². The molecule has 0 rings (SSSR count). The fourth-order valence-corrected chi connectivity index (χ4v) is 1.18. The number of carbonyl (C=O) groups excluding carboxylic acids is 3. The predicted molar refractivity (Wildman–Crippen MR) is 58.0 cm³/mol. The second-order valence-corrected chi connectivity index (χ2v) is 3.17. The predicted octanol–water partition coefficient (Wildman–Crippen LogP) is 0.682. The molecule has 0 aromatic carbocycles. The van der Waals surface area contributed by atoms with Crippen LogP contribution in [0.4, 0.5) is 0 Å². The Morgan fingerprint density at radius 3 is 1.82 bits per heavy atom. The molecule has 6 heteroatoms. The normalized spacial score (nSPS) is 9.88. The van der Waals surface area contributed by atoms with E-state index in [4.69, 9.17) is 9.47 Å². The minimum Gasteiger partial charge on any atom is -0.469 e. The van der Waals surface area contributed by atoms with Crippen molar-refractivity contribution in [3.05, 3.63) is 0 Å². The van der Waals surface area contributed by atoms with Crippen LogP contribution in [0, 0.1) is 5.92 Å². The van der Waals surface area contributed by atoms with Crippen LogP contribution in [0.2, 0.25) is 0 Å². The Labute approximate surface area is 100 Å². The molecule has 0 unspecified atom stereocenters. The van der Waals surface area contributed by atoms with Crippen molar-refractivity contribution in [2.24, 2.45) is 5.92 Å². The molecule has 17 heavy (non-hydrogen) atoms. The van der Waals surface area contributed by atoms with Gasteiger partial charge in [-0.05, 0) is 20.3 Å². The van der Waals surface area contributed by atoms with Crippen LogP contribution in [0.5, 0.6) is 0 Å². The lowest BCUT2D eigenvalue weighted by atomic mass is 10.0. The summed E-state index contributed by atoms with van der Waals surface area (Å²) in [7, 11) is 1.24. The van der Waals surface area contributed by atoms with E-state index in [9.17, 15) is 14.4 Å². The zero-order valence-electron chi connectivity index (χ0n) is 10.4. The van der Waals surface area contributed by atoms with Crippen molar-refractivity contribution in [3.63, 3.8) is 0 Å². The van der Waals surface area contributed by atoms with E-state index >= 15 is 0 Å². The van der Waals surface area contributed by atoms with Gasteiger partial charge >= 0.3 is 17.9 Å². The van der Waals surface area contributed by atoms with Crippen LogP contribution in [0.25, 0.3) is 0 Å². The number of ether oxygens (including phenoxy) is 3. The highest BCUT2D eigenvalue weighted by Gasteiger charge is 2.29. The smallest absolute Gasteiger partial charge is 0.320 e. The minimum atomic E-state index is -1.06. The number of carbonyl (C=O) groups is 3. The van der Waals surface area contributed by atoms with Crippen LogP contribution in [0.3, 0.4) is 0 Å². The summed E-state index contributed by atoms with van der Waals surface area (Å²) in [5.74, 6) is -2.89. The standard InChI is InChI=1S/C11H18O6/c1-4-16-10(13)8(11(14)17-5-2)6-7-9(12)15-3/h8H,4-7H2,1-3H3. The Morgan fingerprint density at radius 2 is 1.47 bits per heavy atom. The SMILES string of the molecule is CCOC(=O)C(CCC(=O)OC)C(=O)OCC. The molecule has 0 saturated carbocycles. The third kappa shape index (κ3) is 5.89. The highest BCUT2D eigenvalue weighted by Crippen LogP contribution is 2.12. The van der Waals surface area contributed by atoms with E-state index in [1.807, 2.05) is 0 Å². The molecule has 0 aromatic heterocycles. The summed E-state index contributed by atoms with van der Waals surface area (Å²) in [5.41, 5.74) is 0. The summed E-state index contributed by atoms with van der Waals surface area (Å²) in [5, 5.41) is 0. The lowest BCUT2D eigenvalue weighted by Gasteiger charge is -2.13. The topological polar surface area (TPSA) is 78.9 Å². The van der Waals surface area contributed by atoms with Crippen LogP contribution < -0.4 is 0 Å². The molecule has 0 amide bonds. The summed E-state index contributed by atoms with van der Waals surface area (Å²) in [4.78, 5) is 33.9. The Morgan fingerprint density at radius 1 is 1.00 bits per heavy atom. The third-order valence-electron chi connectivity index (χ3n) is 2.01. The average Bonchev–Trinajstić information content (AvgIpc) is 2.29. The molecule has 0 aliphatic carbocycles. The second kappa shape index (κ2) is 8.55. The molecule has 98 valence electrons. The van der Waals surface area contributed by atoms with Crippen LogP contribution in [-0.2, 0) is 28.6 Å².